The van der Waals surface area contributed by atoms with Gasteiger partial charge in [0.15, 0.2) is 6.29 Å². The molecule has 0 atom stereocenters. The topological polar surface area (TPSA) is 67.1 Å². The third kappa shape index (κ3) is 1.82. The molecule has 2 heterocycles. The maximum absolute atomic E-state index is 12.1. The molecule has 0 aliphatic rings. The first kappa shape index (κ1) is 14.8. The van der Waals surface area contributed by atoms with Crippen molar-refractivity contribution in [2.45, 2.75) is 0 Å². The number of methoxy groups -OCH3 is 2. The number of carbonyl (C=O) groups excluding carboxylic acids is 1. The summed E-state index contributed by atoms with van der Waals surface area (Å²) >= 11 is 0. The molecular weight excluding hydrogens is 328 g/mol. The van der Waals surface area contributed by atoms with E-state index in [-0.39, 0.29) is 0 Å². The maximum Gasteiger partial charge on any atom is 0.152 e. The molecule has 2 N–H and O–H groups in total. The van der Waals surface area contributed by atoms with Gasteiger partial charge in [-0.05, 0) is 30.3 Å². The number of rotatable bonds is 3. The van der Waals surface area contributed by atoms with E-state index in [1.165, 1.54) is 0 Å². The summed E-state index contributed by atoms with van der Waals surface area (Å²) in [6, 6.07) is 13.8. The van der Waals surface area contributed by atoms with Crippen molar-refractivity contribution in [3.05, 3.63) is 48.0 Å². The molecule has 0 saturated heterocycles. The lowest BCUT2D eigenvalue weighted by Crippen LogP contribution is -1.86. The fourth-order valence-electron chi connectivity index (χ4n) is 3.85. The van der Waals surface area contributed by atoms with Crippen molar-refractivity contribution in [2.24, 2.45) is 0 Å². The minimum atomic E-state index is 0.634. The highest BCUT2D eigenvalue weighted by atomic mass is 16.5. The number of carbonyl (C=O) groups is 1. The molecule has 5 rings (SSSR count). The smallest absolute Gasteiger partial charge is 0.152 e. The van der Waals surface area contributed by atoms with E-state index in [1.54, 1.807) is 14.2 Å². The normalized spacial score (nSPS) is 11.6. The number of aldehydes is 1. The largest absolute Gasteiger partial charge is 0.497 e. The van der Waals surface area contributed by atoms with Crippen LogP contribution in [-0.4, -0.2) is 30.5 Å². The third-order valence-corrected chi connectivity index (χ3v) is 5.04. The Balaban J connectivity index is 2.01. The molecule has 0 saturated carbocycles. The van der Waals surface area contributed by atoms with Gasteiger partial charge in [0.1, 0.15) is 11.5 Å². The predicted octanol–water partition coefficient (Wildman–Crippen LogP) is 4.79. The predicted molar refractivity (Wildman–Crippen MR) is 104 cm³/mol. The highest BCUT2D eigenvalue weighted by molar-refractivity contribution is 6.25. The summed E-state index contributed by atoms with van der Waals surface area (Å²) in [7, 11) is 3.28. The highest BCUT2D eigenvalue weighted by Gasteiger charge is 2.17. The van der Waals surface area contributed by atoms with Crippen LogP contribution in [0.5, 0.6) is 11.5 Å². The second-order valence-corrected chi connectivity index (χ2v) is 6.30. The Morgan fingerprint density at radius 3 is 2.50 bits per heavy atom. The lowest BCUT2D eigenvalue weighted by molar-refractivity contribution is 0.112. The minimum Gasteiger partial charge on any atom is -0.497 e. The fourth-order valence-corrected chi connectivity index (χ4v) is 3.85. The zero-order valence-electron chi connectivity index (χ0n) is 14.3. The van der Waals surface area contributed by atoms with Gasteiger partial charge in [-0.2, -0.15) is 0 Å². The van der Waals surface area contributed by atoms with Crippen molar-refractivity contribution >= 4 is 49.9 Å². The molecule has 5 aromatic rings. The van der Waals surface area contributed by atoms with E-state index >= 15 is 0 Å². The van der Waals surface area contributed by atoms with E-state index in [2.05, 4.69) is 16.0 Å². The van der Waals surface area contributed by atoms with Gasteiger partial charge in [-0.15, -0.1) is 0 Å². The van der Waals surface area contributed by atoms with Crippen LogP contribution in [0.3, 0.4) is 0 Å². The Labute approximate surface area is 148 Å². The molecule has 5 heteroatoms. The number of nitrogens with one attached hydrogen (secondary N) is 2. The van der Waals surface area contributed by atoms with Gasteiger partial charge in [0.05, 0.1) is 25.3 Å². The van der Waals surface area contributed by atoms with Crippen molar-refractivity contribution in [1.29, 1.82) is 0 Å². The number of hydrogen-bond donors (Lipinski definition) is 2. The first-order valence-corrected chi connectivity index (χ1v) is 8.31. The average Bonchev–Trinajstić information content (AvgIpc) is 3.23. The number of ether oxygens (including phenoxy) is 2. The Hall–Kier alpha value is -3.47. The molecule has 2 aromatic heterocycles. The lowest BCUT2D eigenvalue weighted by atomic mass is 10.0. The zero-order chi connectivity index (χ0) is 17.8. The van der Waals surface area contributed by atoms with Crippen molar-refractivity contribution < 1.29 is 14.3 Å². The second kappa shape index (κ2) is 5.26. The summed E-state index contributed by atoms with van der Waals surface area (Å²) < 4.78 is 10.8. The monoisotopic (exact) mass is 344 g/mol. The van der Waals surface area contributed by atoms with Crippen molar-refractivity contribution in [3.8, 4) is 11.5 Å². The van der Waals surface area contributed by atoms with Gasteiger partial charge in [0.2, 0.25) is 0 Å². The number of hydrogen-bond acceptors (Lipinski definition) is 3. The first-order valence-electron chi connectivity index (χ1n) is 8.31. The van der Waals surface area contributed by atoms with E-state index in [0.717, 1.165) is 61.4 Å². The van der Waals surface area contributed by atoms with Crippen LogP contribution in [0.1, 0.15) is 10.4 Å². The van der Waals surface area contributed by atoms with Crippen molar-refractivity contribution in [3.63, 3.8) is 0 Å². The quantitative estimate of drug-likeness (QED) is 0.463. The SMILES string of the molecule is COc1ccc2[nH]c3cc4c([nH]c5c(OC)cccc54)c(C=O)c3c2c1. The Kier molecular flexibility index (Phi) is 3.00. The third-order valence-electron chi connectivity index (χ3n) is 5.04. The number of fused-ring (bicyclic) bond motifs is 6. The van der Waals surface area contributed by atoms with Crippen LogP contribution in [0, 0.1) is 0 Å². The number of aromatic nitrogens is 2. The molecule has 0 amide bonds. The number of benzene rings is 3. The van der Waals surface area contributed by atoms with Gasteiger partial charge in [-0.3, -0.25) is 4.79 Å². The molecule has 0 radical (unpaired) electrons. The fraction of sp³-hybridized carbons (Fsp3) is 0.0952. The highest BCUT2D eigenvalue weighted by Crippen LogP contribution is 2.39. The summed E-state index contributed by atoms with van der Waals surface area (Å²) in [5.41, 5.74) is 4.23. The number of H-pyrrole nitrogens is 2. The molecule has 26 heavy (non-hydrogen) atoms. The average molecular weight is 344 g/mol. The van der Waals surface area contributed by atoms with Crippen LogP contribution < -0.4 is 9.47 Å². The van der Waals surface area contributed by atoms with Crippen LogP contribution in [0.25, 0.3) is 43.6 Å². The molecule has 0 bridgehead atoms. The van der Waals surface area contributed by atoms with Gasteiger partial charge < -0.3 is 19.4 Å². The molecule has 0 aliphatic heterocycles. The molecule has 128 valence electrons. The molecular formula is C21H16N2O3. The number of aromatic amines is 2. The summed E-state index contributed by atoms with van der Waals surface area (Å²) in [5, 5.41) is 3.88. The summed E-state index contributed by atoms with van der Waals surface area (Å²) in [5.74, 6) is 1.51. The lowest BCUT2D eigenvalue weighted by Gasteiger charge is -2.01. The van der Waals surface area contributed by atoms with Crippen molar-refractivity contribution in [2.75, 3.05) is 14.2 Å². The number of para-hydroxylation sites is 1. The molecule has 0 unspecified atom stereocenters. The van der Waals surface area contributed by atoms with E-state index in [4.69, 9.17) is 9.47 Å². The molecule has 0 spiro atoms. The first-order chi connectivity index (χ1) is 12.7. The zero-order valence-corrected chi connectivity index (χ0v) is 14.3. The van der Waals surface area contributed by atoms with Crippen LogP contribution in [-0.2, 0) is 0 Å². The van der Waals surface area contributed by atoms with Crippen LogP contribution >= 0.6 is 0 Å². The minimum absolute atomic E-state index is 0.634. The maximum atomic E-state index is 12.1. The van der Waals surface area contributed by atoms with E-state index in [1.807, 2.05) is 36.4 Å². The van der Waals surface area contributed by atoms with E-state index < -0.39 is 0 Å². The van der Waals surface area contributed by atoms with Gasteiger partial charge >= 0.3 is 0 Å². The van der Waals surface area contributed by atoms with Gasteiger partial charge in [0.25, 0.3) is 0 Å². The Morgan fingerprint density at radius 1 is 0.846 bits per heavy atom. The van der Waals surface area contributed by atoms with Gasteiger partial charge in [-0.25, -0.2) is 0 Å². The molecule has 5 nitrogen and oxygen atoms in total. The van der Waals surface area contributed by atoms with E-state index in [9.17, 15) is 4.79 Å². The van der Waals surface area contributed by atoms with Crippen LogP contribution in [0.4, 0.5) is 0 Å². The summed E-state index contributed by atoms with van der Waals surface area (Å²) in [6.45, 7) is 0. The van der Waals surface area contributed by atoms with Crippen LogP contribution in [0.2, 0.25) is 0 Å². The van der Waals surface area contributed by atoms with Gasteiger partial charge in [0, 0.05) is 38.1 Å². The van der Waals surface area contributed by atoms with Crippen LogP contribution in [0.15, 0.2) is 42.5 Å². The van der Waals surface area contributed by atoms with Gasteiger partial charge in [-0.1, -0.05) is 12.1 Å². The summed E-state index contributed by atoms with van der Waals surface area (Å²) in [6.07, 6.45) is 0.916. The van der Waals surface area contributed by atoms with E-state index in [0.29, 0.717) is 5.56 Å². The standard InChI is InChI=1S/C21H16N2O3/c1-25-11-6-7-16-14(8-11)19-15(10-24)20-13(9-17(19)22-16)12-4-3-5-18(26-2)21(12)23-20/h3-10,22-23H,1-2H3. The summed E-state index contributed by atoms with van der Waals surface area (Å²) in [4.78, 5) is 18.9. The Bertz CT molecular complexity index is 1330. The Morgan fingerprint density at radius 2 is 1.73 bits per heavy atom. The van der Waals surface area contributed by atoms with Crippen molar-refractivity contribution in [1.82, 2.24) is 9.97 Å². The molecule has 0 fully saturated rings. The second-order valence-electron chi connectivity index (χ2n) is 6.30. The molecule has 3 aromatic carbocycles. The molecule has 0 aliphatic carbocycles.